The van der Waals surface area contributed by atoms with E-state index in [-0.39, 0.29) is 42.2 Å². The number of hydrogen-bond donors (Lipinski definition) is 1. The molecule has 1 aromatic rings. The minimum atomic E-state index is -3.10. The highest BCUT2D eigenvalue weighted by atomic mass is 32.2. The van der Waals surface area contributed by atoms with Gasteiger partial charge in [-0.3, -0.25) is 9.59 Å². The summed E-state index contributed by atoms with van der Waals surface area (Å²) in [6.45, 7) is 0.738. The minimum absolute atomic E-state index is 0.00189. The summed E-state index contributed by atoms with van der Waals surface area (Å²) in [5.74, 6) is -0.149. The zero-order valence-corrected chi connectivity index (χ0v) is 14.4. The number of sulfone groups is 1. The van der Waals surface area contributed by atoms with Gasteiger partial charge in [0.1, 0.15) is 0 Å². The number of amides is 2. The van der Waals surface area contributed by atoms with Gasteiger partial charge < -0.3 is 15.1 Å². The van der Waals surface area contributed by atoms with Crippen molar-refractivity contribution in [3.05, 3.63) is 24.3 Å². The molecule has 1 N–H and O–H groups in total. The normalized spacial score (nSPS) is 24.0. The van der Waals surface area contributed by atoms with Crippen molar-refractivity contribution in [2.75, 3.05) is 41.9 Å². The second-order valence-electron chi connectivity index (χ2n) is 6.31. The predicted molar refractivity (Wildman–Crippen MR) is 91.7 cm³/mol. The van der Waals surface area contributed by atoms with Crippen LogP contribution in [0.4, 0.5) is 11.4 Å². The summed E-state index contributed by atoms with van der Waals surface area (Å²) in [5, 5.41) is 2.79. The number of carbonyl (C=O) groups excluding carboxylic acids is 2. The molecule has 2 aliphatic rings. The standard InChI is InChI=1S/C16H21N3O4S/c1-18-8-9-24(22,23)11-12(18)10-16(21)19-7-6-15(20)17-13-4-2-3-5-14(13)19/h2-5,12H,6-11H2,1H3,(H,17,20). The van der Waals surface area contributed by atoms with E-state index in [2.05, 4.69) is 5.32 Å². The lowest BCUT2D eigenvalue weighted by Gasteiger charge is -2.33. The highest BCUT2D eigenvalue weighted by Gasteiger charge is 2.33. The zero-order valence-electron chi connectivity index (χ0n) is 13.6. The van der Waals surface area contributed by atoms with E-state index in [4.69, 9.17) is 0 Å². The van der Waals surface area contributed by atoms with Crippen LogP contribution in [-0.2, 0) is 19.4 Å². The maximum Gasteiger partial charge on any atom is 0.228 e. The average Bonchev–Trinajstić information content (AvgIpc) is 2.69. The molecule has 130 valence electrons. The molecule has 0 bridgehead atoms. The summed E-state index contributed by atoms with van der Waals surface area (Å²) in [6.07, 6.45) is 0.345. The van der Waals surface area contributed by atoms with Crippen molar-refractivity contribution < 1.29 is 18.0 Å². The fraction of sp³-hybridized carbons (Fsp3) is 0.500. The van der Waals surface area contributed by atoms with E-state index in [0.717, 1.165) is 0 Å². The van der Waals surface area contributed by atoms with Crippen molar-refractivity contribution in [2.45, 2.75) is 18.9 Å². The number of fused-ring (bicyclic) bond motifs is 1. The van der Waals surface area contributed by atoms with Gasteiger partial charge in [0.2, 0.25) is 11.8 Å². The van der Waals surface area contributed by atoms with Crippen molar-refractivity contribution in [1.82, 2.24) is 4.90 Å². The molecule has 7 nitrogen and oxygen atoms in total. The number of para-hydroxylation sites is 2. The summed E-state index contributed by atoms with van der Waals surface area (Å²) in [5.41, 5.74) is 1.27. The number of anilines is 2. The van der Waals surface area contributed by atoms with Gasteiger partial charge in [-0.1, -0.05) is 12.1 Å². The zero-order chi connectivity index (χ0) is 17.3. The quantitative estimate of drug-likeness (QED) is 0.837. The van der Waals surface area contributed by atoms with E-state index >= 15 is 0 Å². The lowest BCUT2D eigenvalue weighted by Crippen LogP contribution is -2.49. The first-order valence-electron chi connectivity index (χ1n) is 7.95. The van der Waals surface area contributed by atoms with Gasteiger partial charge in [0.05, 0.1) is 22.9 Å². The van der Waals surface area contributed by atoms with Gasteiger partial charge in [-0.05, 0) is 19.2 Å². The van der Waals surface area contributed by atoms with Crippen LogP contribution < -0.4 is 10.2 Å². The number of carbonyl (C=O) groups is 2. The minimum Gasteiger partial charge on any atom is -0.324 e. The SMILES string of the molecule is CN1CCS(=O)(=O)CC1CC(=O)N1CCC(=O)Nc2ccccc21. The van der Waals surface area contributed by atoms with Crippen LogP contribution >= 0.6 is 0 Å². The van der Waals surface area contributed by atoms with Gasteiger partial charge in [0.25, 0.3) is 0 Å². The van der Waals surface area contributed by atoms with Crippen LogP contribution in [0.2, 0.25) is 0 Å². The van der Waals surface area contributed by atoms with E-state index in [0.29, 0.717) is 24.5 Å². The first-order chi connectivity index (χ1) is 11.4. The molecule has 1 fully saturated rings. The molecule has 0 radical (unpaired) electrons. The monoisotopic (exact) mass is 351 g/mol. The molecule has 2 aliphatic heterocycles. The molecule has 1 saturated heterocycles. The number of rotatable bonds is 2. The van der Waals surface area contributed by atoms with Gasteiger partial charge in [0.15, 0.2) is 9.84 Å². The number of hydrogen-bond acceptors (Lipinski definition) is 5. The Hall–Kier alpha value is -1.93. The molecule has 1 aromatic carbocycles. The van der Waals surface area contributed by atoms with E-state index in [1.54, 1.807) is 23.1 Å². The maximum atomic E-state index is 12.8. The molecular formula is C16H21N3O4S. The van der Waals surface area contributed by atoms with Crippen molar-refractivity contribution in [3.63, 3.8) is 0 Å². The van der Waals surface area contributed by atoms with Crippen molar-refractivity contribution >= 4 is 33.0 Å². The number of nitrogens with zero attached hydrogens (tertiary/aromatic N) is 2. The molecule has 3 rings (SSSR count). The topological polar surface area (TPSA) is 86.8 Å². The van der Waals surface area contributed by atoms with E-state index < -0.39 is 9.84 Å². The fourth-order valence-electron chi connectivity index (χ4n) is 3.12. The van der Waals surface area contributed by atoms with E-state index in [1.165, 1.54) is 0 Å². The molecule has 1 unspecified atom stereocenters. The first-order valence-corrected chi connectivity index (χ1v) is 9.78. The Balaban J connectivity index is 1.81. The van der Waals surface area contributed by atoms with Gasteiger partial charge in [-0.25, -0.2) is 8.42 Å². The second kappa shape index (κ2) is 6.52. The summed E-state index contributed by atoms with van der Waals surface area (Å²) in [6, 6.07) is 6.84. The predicted octanol–water partition coefficient (Wildman–Crippen LogP) is 0.481. The van der Waals surface area contributed by atoms with Crippen LogP contribution in [0.5, 0.6) is 0 Å². The average molecular weight is 351 g/mol. The Morgan fingerprint density at radius 2 is 2.04 bits per heavy atom. The Kier molecular flexibility index (Phi) is 4.60. The molecule has 2 amide bonds. The van der Waals surface area contributed by atoms with Crippen LogP contribution in [0.25, 0.3) is 0 Å². The summed E-state index contributed by atoms with van der Waals surface area (Å²) in [4.78, 5) is 28.1. The van der Waals surface area contributed by atoms with Gasteiger partial charge in [0, 0.05) is 32.0 Å². The van der Waals surface area contributed by atoms with Crippen molar-refractivity contribution in [2.24, 2.45) is 0 Å². The molecule has 0 aromatic heterocycles. The van der Waals surface area contributed by atoms with Gasteiger partial charge >= 0.3 is 0 Å². The van der Waals surface area contributed by atoms with Crippen LogP contribution in [0.15, 0.2) is 24.3 Å². The number of benzene rings is 1. The first kappa shape index (κ1) is 16.9. The fourth-order valence-corrected chi connectivity index (χ4v) is 4.81. The highest BCUT2D eigenvalue weighted by molar-refractivity contribution is 7.91. The third-order valence-electron chi connectivity index (χ3n) is 4.57. The molecule has 0 saturated carbocycles. The molecule has 0 spiro atoms. The van der Waals surface area contributed by atoms with Crippen LogP contribution in [0.3, 0.4) is 0 Å². The Morgan fingerprint density at radius 1 is 1.29 bits per heavy atom. The molecule has 8 heteroatoms. The summed E-state index contributed by atoms with van der Waals surface area (Å²) in [7, 11) is -1.26. The highest BCUT2D eigenvalue weighted by Crippen LogP contribution is 2.29. The molecule has 1 atom stereocenters. The van der Waals surface area contributed by atoms with Crippen LogP contribution in [-0.4, -0.2) is 62.8 Å². The summed E-state index contributed by atoms with van der Waals surface area (Å²) >= 11 is 0. The summed E-state index contributed by atoms with van der Waals surface area (Å²) < 4.78 is 23.7. The Bertz CT molecular complexity index is 762. The lowest BCUT2D eigenvalue weighted by molar-refractivity contribution is -0.119. The van der Waals surface area contributed by atoms with Gasteiger partial charge in [-0.2, -0.15) is 0 Å². The van der Waals surface area contributed by atoms with Crippen molar-refractivity contribution in [1.29, 1.82) is 0 Å². The van der Waals surface area contributed by atoms with E-state index in [1.807, 2.05) is 18.0 Å². The van der Waals surface area contributed by atoms with Crippen LogP contribution in [0.1, 0.15) is 12.8 Å². The van der Waals surface area contributed by atoms with Crippen LogP contribution in [0, 0.1) is 0 Å². The maximum absolute atomic E-state index is 12.8. The third kappa shape index (κ3) is 3.59. The third-order valence-corrected chi connectivity index (χ3v) is 6.26. The molecule has 0 aliphatic carbocycles. The second-order valence-corrected chi connectivity index (χ2v) is 8.54. The van der Waals surface area contributed by atoms with Crippen molar-refractivity contribution in [3.8, 4) is 0 Å². The molecule has 24 heavy (non-hydrogen) atoms. The Labute approximate surface area is 141 Å². The van der Waals surface area contributed by atoms with Gasteiger partial charge in [-0.15, -0.1) is 0 Å². The van der Waals surface area contributed by atoms with E-state index in [9.17, 15) is 18.0 Å². The Morgan fingerprint density at radius 3 is 2.83 bits per heavy atom. The lowest BCUT2D eigenvalue weighted by atomic mass is 10.1. The largest absolute Gasteiger partial charge is 0.324 e. The smallest absolute Gasteiger partial charge is 0.228 e. The number of nitrogens with one attached hydrogen (secondary N) is 1. The molecular weight excluding hydrogens is 330 g/mol. The molecule has 2 heterocycles.